The highest BCUT2D eigenvalue weighted by Crippen LogP contribution is 2.28. The molecule has 18 heavy (non-hydrogen) atoms. The summed E-state index contributed by atoms with van der Waals surface area (Å²) in [4.78, 5) is 4.09. The van der Waals surface area contributed by atoms with Crippen LogP contribution in [0.2, 0.25) is 0 Å². The van der Waals surface area contributed by atoms with E-state index >= 15 is 0 Å². The Labute approximate surface area is 107 Å². The van der Waals surface area contributed by atoms with E-state index in [1.807, 2.05) is 6.07 Å². The standard InChI is InChI=1S/C12H18N2O3S/c1-17-12-7-6-9(8-13-12)14-10-4-3-5-11(10)18(2,15)16/h6-8,10-11,14H,3-5H2,1-2H3. The van der Waals surface area contributed by atoms with Crippen molar-refractivity contribution in [3.8, 4) is 5.88 Å². The van der Waals surface area contributed by atoms with Crippen molar-refractivity contribution in [1.29, 1.82) is 0 Å². The summed E-state index contributed by atoms with van der Waals surface area (Å²) in [5, 5.41) is 2.96. The minimum Gasteiger partial charge on any atom is -0.481 e. The molecule has 1 N–H and O–H groups in total. The van der Waals surface area contributed by atoms with E-state index < -0.39 is 9.84 Å². The van der Waals surface area contributed by atoms with Gasteiger partial charge in [-0.3, -0.25) is 0 Å². The summed E-state index contributed by atoms with van der Waals surface area (Å²) in [5.41, 5.74) is 0.830. The zero-order chi connectivity index (χ0) is 13.2. The summed E-state index contributed by atoms with van der Waals surface area (Å²) < 4.78 is 28.3. The Morgan fingerprint density at radius 2 is 2.17 bits per heavy atom. The van der Waals surface area contributed by atoms with Crippen LogP contribution in [0.3, 0.4) is 0 Å². The van der Waals surface area contributed by atoms with Crippen LogP contribution >= 0.6 is 0 Å². The number of methoxy groups -OCH3 is 1. The van der Waals surface area contributed by atoms with E-state index in [9.17, 15) is 8.42 Å². The molecule has 0 aliphatic heterocycles. The van der Waals surface area contributed by atoms with Gasteiger partial charge in [-0.1, -0.05) is 0 Å². The van der Waals surface area contributed by atoms with Crippen molar-refractivity contribution in [3.63, 3.8) is 0 Å². The first kappa shape index (κ1) is 13.1. The van der Waals surface area contributed by atoms with Crippen molar-refractivity contribution >= 4 is 15.5 Å². The lowest BCUT2D eigenvalue weighted by molar-refractivity contribution is 0.398. The van der Waals surface area contributed by atoms with Gasteiger partial charge in [-0.15, -0.1) is 0 Å². The van der Waals surface area contributed by atoms with Gasteiger partial charge in [0.2, 0.25) is 5.88 Å². The van der Waals surface area contributed by atoms with Crippen LogP contribution in [0.1, 0.15) is 19.3 Å². The lowest BCUT2D eigenvalue weighted by Crippen LogP contribution is -2.34. The largest absolute Gasteiger partial charge is 0.481 e. The average Bonchev–Trinajstić information content (AvgIpc) is 2.78. The molecule has 2 unspecified atom stereocenters. The number of nitrogens with one attached hydrogen (secondary N) is 1. The molecule has 1 aliphatic rings. The number of ether oxygens (including phenoxy) is 1. The molecular formula is C12H18N2O3S. The third-order valence-corrected chi connectivity index (χ3v) is 4.96. The first-order valence-corrected chi connectivity index (χ1v) is 7.91. The molecule has 1 aliphatic carbocycles. The van der Waals surface area contributed by atoms with Crippen LogP contribution in [-0.2, 0) is 9.84 Å². The van der Waals surface area contributed by atoms with Crippen LogP contribution in [0.25, 0.3) is 0 Å². The van der Waals surface area contributed by atoms with Gasteiger partial charge in [0.15, 0.2) is 9.84 Å². The van der Waals surface area contributed by atoms with Crippen molar-refractivity contribution in [2.24, 2.45) is 0 Å². The second-order valence-electron chi connectivity index (χ2n) is 4.64. The van der Waals surface area contributed by atoms with Gasteiger partial charge in [0.25, 0.3) is 0 Å². The van der Waals surface area contributed by atoms with Crippen molar-refractivity contribution in [1.82, 2.24) is 4.98 Å². The van der Waals surface area contributed by atoms with Crippen LogP contribution in [0.5, 0.6) is 5.88 Å². The van der Waals surface area contributed by atoms with E-state index in [0.717, 1.165) is 24.9 Å². The molecule has 2 atom stereocenters. The van der Waals surface area contributed by atoms with Gasteiger partial charge < -0.3 is 10.1 Å². The van der Waals surface area contributed by atoms with Crippen LogP contribution in [0, 0.1) is 0 Å². The molecule has 2 rings (SSSR count). The SMILES string of the molecule is COc1ccc(NC2CCCC2S(C)(=O)=O)cn1. The van der Waals surface area contributed by atoms with Crippen molar-refractivity contribution in [3.05, 3.63) is 18.3 Å². The summed E-state index contributed by atoms with van der Waals surface area (Å²) >= 11 is 0. The van der Waals surface area contributed by atoms with Crippen LogP contribution in [-0.4, -0.2) is 38.1 Å². The van der Waals surface area contributed by atoms with E-state index in [0.29, 0.717) is 5.88 Å². The minimum atomic E-state index is -2.99. The fraction of sp³-hybridized carbons (Fsp3) is 0.583. The predicted octanol–water partition coefficient (Wildman–Crippen LogP) is 1.47. The second-order valence-corrected chi connectivity index (χ2v) is 6.90. The quantitative estimate of drug-likeness (QED) is 0.897. The molecule has 1 aromatic rings. The van der Waals surface area contributed by atoms with E-state index in [4.69, 9.17) is 4.74 Å². The number of pyridine rings is 1. The van der Waals surface area contributed by atoms with Crippen LogP contribution in [0.15, 0.2) is 18.3 Å². The van der Waals surface area contributed by atoms with Crippen LogP contribution < -0.4 is 10.1 Å². The Balaban J connectivity index is 2.08. The van der Waals surface area contributed by atoms with Gasteiger partial charge in [-0.2, -0.15) is 0 Å². The number of hydrogen-bond acceptors (Lipinski definition) is 5. The Morgan fingerprint density at radius 3 is 2.72 bits per heavy atom. The zero-order valence-corrected chi connectivity index (χ0v) is 11.4. The molecule has 0 amide bonds. The first-order chi connectivity index (χ1) is 8.50. The fourth-order valence-corrected chi connectivity index (χ4v) is 3.80. The molecule has 0 bridgehead atoms. The maximum Gasteiger partial charge on any atom is 0.213 e. The van der Waals surface area contributed by atoms with Crippen molar-refractivity contribution < 1.29 is 13.2 Å². The highest BCUT2D eigenvalue weighted by Gasteiger charge is 2.34. The molecule has 0 radical (unpaired) electrons. The lowest BCUT2D eigenvalue weighted by atomic mass is 10.2. The molecule has 1 aromatic heterocycles. The predicted molar refractivity (Wildman–Crippen MR) is 70.7 cm³/mol. The van der Waals surface area contributed by atoms with Crippen molar-refractivity contribution in [2.45, 2.75) is 30.6 Å². The van der Waals surface area contributed by atoms with E-state index in [-0.39, 0.29) is 11.3 Å². The van der Waals surface area contributed by atoms with Gasteiger partial charge in [0, 0.05) is 18.4 Å². The number of sulfone groups is 1. The highest BCUT2D eigenvalue weighted by atomic mass is 32.2. The Morgan fingerprint density at radius 1 is 1.39 bits per heavy atom. The Bertz CT molecular complexity index is 499. The molecule has 100 valence electrons. The maximum atomic E-state index is 11.7. The van der Waals surface area contributed by atoms with Crippen LogP contribution in [0.4, 0.5) is 5.69 Å². The number of nitrogens with zero attached hydrogens (tertiary/aromatic N) is 1. The summed E-state index contributed by atoms with van der Waals surface area (Å²) in [6.07, 6.45) is 5.53. The van der Waals surface area contributed by atoms with E-state index in [1.54, 1.807) is 19.4 Å². The molecule has 5 nitrogen and oxygen atoms in total. The summed E-state index contributed by atoms with van der Waals surface area (Å²) in [6, 6.07) is 3.59. The van der Waals surface area contributed by atoms with Gasteiger partial charge in [0.05, 0.1) is 24.2 Å². The average molecular weight is 270 g/mol. The lowest BCUT2D eigenvalue weighted by Gasteiger charge is -2.20. The zero-order valence-electron chi connectivity index (χ0n) is 10.6. The van der Waals surface area contributed by atoms with E-state index in [2.05, 4.69) is 10.3 Å². The minimum absolute atomic E-state index is 0.0183. The van der Waals surface area contributed by atoms with Crippen molar-refractivity contribution in [2.75, 3.05) is 18.7 Å². The number of hydrogen-bond donors (Lipinski definition) is 1. The normalized spacial score (nSPS) is 23.9. The summed E-state index contributed by atoms with van der Waals surface area (Å²) in [7, 11) is -1.43. The topological polar surface area (TPSA) is 68.3 Å². The third kappa shape index (κ3) is 2.93. The van der Waals surface area contributed by atoms with Gasteiger partial charge in [0.1, 0.15) is 0 Å². The molecule has 0 aromatic carbocycles. The van der Waals surface area contributed by atoms with Gasteiger partial charge in [-0.25, -0.2) is 13.4 Å². The van der Waals surface area contributed by atoms with Gasteiger partial charge in [-0.05, 0) is 25.3 Å². The maximum absolute atomic E-state index is 11.7. The molecule has 0 spiro atoms. The molecular weight excluding hydrogens is 252 g/mol. The smallest absolute Gasteiger partial charge is 0.213 e. The molecule has 0 saturated heterocycles. The summed E-state index contributed by atoms with van der Waals surface area (Å²) in [6.45, 7) is 0. The first-order valence-electron chi connectivity index (χ1n) is 5.96. The Hall–Kier alpha value is -1.30. The number of rotatable bonds is 4. The van der Waals surface area contributed by atoms with Gasteiger partial charge >= 0.3 is 0 Å². The Kier molecular flexibility index (Phi) is 3.75. The second kappa shape index (κ2) is 5.14. The number of anilines is 1. The third-order valence-electron chi connectivity index (χ3n) is 3.30. The summed E-state index contributed by atoms with van der Waals surface area (Å²) in [5.74, 6) is 0.548. The highest BCUT2D eigenvalue weighted by molar-refractivity contribution is 7.91. The monoisotopic (exact) mass is 270 g/mol. The molecule has 1 saturated carbocycles. The van der Waals surface area contributed by atoms with E-state index in [1.165, 1.54) is 6.26 Å². The molecule has 1 heterocycles. The fourth-order valence-electron chi connectivity index (χ4n) is 2.40. The number of aromatic nitrogens is 1. The molecule has 1 fully saturated rings. The molecule has 6 heteroatoms.